The van der Waals surface area contributed by atoms with Gasteiger partial charge in [-0.25, -0.2) is 5.43 Å². The molecule has 0 aliphatic rings. The van der Waals surface area contributed by atoms with Gasteiger partial charge in [0.15, 0.2) is 0 Å². The van der Waals surface area contributed by atoms with Crippen LogP contribution in [0, 0.1) is 6.92 Å². The van der Waals surface area contributed by atoms with Crippen molar-refractivity contribution in [2.24, 2.45) is 5.10 Å². The van der Waals surface area contributed by atoms with Crippen molar-refractivity contribution in [3.63, 3.8) is 0 Å². The number of aromatic nitrogens is 2. The summed E-state index contributed by atoms with van der Waals surface area (Å²) in [6, 6.07) is 16.6. The van der Waals surface area contributed by atoms with Crippen molar-refractivity contribution in [3.8, 4) is 0 Å². The zero-order valence-electron chi connectivity index (χ0n) is 14.5. The Hall–Kier alpha value is -3.39. The zero-order chi connectivity index (χ0) is 19.1. The fourth-order valence-corrected chi connectivity index (χ4v) is 2.88. The van der Waals surface area contributed by atoms with Crippen LogP contribution in [-0.4, -0.2) is 28.2 Å². The number of rotatable bonds is 6. The summed E-state index contributed by atoms with van der Waals surface area (Å²) in [5.41, 5.74) is 4.93. The summed E-state index contributed by atoms with van der Waals surface area (Å²) in [5, 5.41) is 15.2. The van der Waals surface area contributed by atoms with Crippen LogP contribution in [-0.2, 0) is 11.2 Å². The molecule has 0 bridgehead atoms. The Labute approximate surface area is 160 Å². The highest BCUT2D eigenvalue weighted by Crippen LogP contribution is 2.17. The van der Waals surface area contributed by atoms with E-state index in [2.05, 4.69) is 26.0 Å². The van der Waals surface area contributed by atoms with E-state index in [-0.39, 0.29) is 18.2 Å². The van der Waals surface area contributed by atoms with Gasteiger partial charge in [-0.3, -0.25) is 14.9 Å². The van der Waals surface area contributed by atoms with E-state index in [9.17, 15) is 9.59 Å². The highest BCUT2D eigenvalue weighted by Gasteiger charge is 2.12. The van der Waals surface area contributed by atoms with Gasteiger partial charge >= 0.3 is 0 Å². The fraction of sp³-hybridized carbons (Fsp3) is 0.105. The van der Waals surface area contributed by atoms with Gasteiger partial charge in [-0.15, -0.1) is 10.2 Å². The number of nitrogens with one attached hydrogen (secondary N) is 2. The molecule has 1 heterocycles. The van der Waals surface area contributed by atoms with Gasteiger partial charge in [0, 0.05) is 5.56 Å². The van der Waals surface area contributed by atoms with Crippen molar-refractivity contribution in [1.29, 1.82) is 0 Å². The Morgan fingerprint density at radius 1 is 1.07 bits per heavy atom. The van der Waals surface area contributed by atoms with Gasteiger partial charge in [0.1, 0.15) is 5.01 Å². The van der Waals surface area contributed by atoms with E-state index in [1.54, 1.807) is 18.3 Å². The molecule has 2 amide bonds. The number of amides is 2. The molecule has 0 saturated carbocycles. The average Bonchev–Trinajstić information content (AvgIpc) is 3.09. The van der Waals surface area contributed by atoms with Gasteiger partial charge in [-0.1, -0.05) is 59.4 Å². The molecule has 0 aliphatic heterocycles. The summed E-state index contributed by atoms with van der Waals surface area (Å²) in [7, 11) is 0. The summed E-state index contributed by atoms with van der Waals surface area (Å²) in [6.07, 6.45) is 1.59. The Morgan fingerprint density at radius 3 is 2.56 bits per heavy atom. The number of hydrogen-bond donors (Lipinski definition) is 2. The van der Waals surface area contributed by atoms with Crippen molar-refractivity contribution in [2.75, 3.05) is 5.32 Å². The normalized spacial score (nSPS) is 10.7. The minimum absolute atomic E-state index is 0.0319. The molecule has 0 spiro atoms. The molecule has 0 saturated heterocycles. The van der Waals surface area contributed by atoms with Crippen molar-refractivity contribution in [2.45, 2.75) is 13.3 Å². The van der Waals surface area contributed by atoms with Crippen LogP contribution in [0.2, 0.25) is 0 Å². The predicted octanol–water partition coefficient (Wildman–Crippen LogP) is 2.79. The molecule has 0 atom stereocenters. The second kappa shape index (κ2) is 8.81. The molecule has 2 aromatic carbocycles. The minimum Gasteiger partial charge on any atom is -0.296 e. The highest BCUT2D eigenvalue weighted by atomic mass is 32.1. The van der Waals surface area contributed by atoms with Crippen LogP contribution in [0.15, 0.2) is 59.7 Å². The summed E-state index contributed by atoms with van der Waals surface area (Å²) in [6.45, 7) is 1.95. The van der Waals surface area contributed by atoms with Gasteiger partial charge < -0.3 is 0 Å². The van der Waals surface area contributed by atoms with Crippen molar-refractivity contribution >= 4 is 34.5 Å². The van der Waals surface area contributed by atoms with Gasteiger partial charge in [0.25, 0.3) is 5.91 Å². The van der Waals surface area contributed by atoms with Crippen LogP contribution in [0.4, 0.5) is 5.13 Å². The SMILES string of the molecule is Cc1ccc(C(=O)Nc2nnc(CC(=O)N/N=C/c3ccccc3)s2)cc1. The largest absolute Gasteiger partial charge is 0.296 e. The van der Waals surface area contributed by atoms with Crippen LogP contribution in [0.1, 0.15) is 26.5 Å². The maximum Gasteiger partial charge on any atom is 0.257 e. The molecule has 136 valence electrons. The number of benzene rings is 2. The predicted molar refractivity (Wildman–Crippen MR) is 105 cm³/mol. The van der Waals surface area contributed by atoms with E-state index in [0.717, 1.165) is 22.5 Å². The molecule has 2 N–H and O–H groups in total. The first-order valence-corrected chi connectivity index (χ1v) is 8.99. The van der Waals surface area contributed by atoms with Crippen molar-refractivity contribution in [1.82, 2.24) is 15.6 Å². The minimum atomic E-state index is -0.310. The molecule has 0 unspecified atom stereocenters. The molecule has 3 rings (SSSR count). The standard InChI is InChI=1S/C19H17N5O2S/c1-13-7-9-15(10-8-13)18(26)21-19-24-23-17(27-19)11-16(25)22-20-12-14-5-3-2-4-6-14/h2-10,12H,11H2,1H3,(H,22,25)(H,21,24,26)/b20-12+. The third kappa shape index (κ3) is 5.55. The summed E-state index contributed by atoms with van der Waals surface area (Å²) in [5.74, 6) is -0.579. The molecule has 1 aromatic heterocycles. The molecule has 8 heteroatoms. The Bertz CT molecular complexity index is 952. The molecular weight excluding hydrogens is 362 g/mol. The lowest BCUT2D eigenvalue weighted by molar-refractivity contribution is -0.120. The second-order valence-corrected chi connectivity index (χ2v) is 6.76. The summed E-state index contributed by atoms with van der Waals surface area (Å²) < 4.78 is 0. The molecule has 0 radical (unpaired) electrons. The van der Waals surface area contributed by atoms with Gasteiger partial charge in [-0.2, -0.15) is 5.10 Å². The van der Waals surface area contributed by atoms with Crippen molar-refractivity contribution < 1.29 is 9.59 Å². The topological polar surface area (TPSA) is 96.3 Å². The van der Waals surface area contributed by atoms with Crippen LogP contribution >= 0.6 is 11.3 Å². The average molecular weight is 379 g/mol. The molecular formula is C19H17N5O2S. The van der Waals surface area contributed by atoms with E-state index in [4.69, 9.17) is 0 Å². The number of hydrazone groups is 1. The van der Waals surface area contributed by atoms with E-state index >= 15 is 0 Å². The first kappa shape index (κ1) is 18.4. The fourth-order valence-electron chi connectivity index (χ4n) is 2.14. The Morgan fingerprint density at radius 2 is 1.81 bits per heavy atom. The molecule has 0 aliphatic carbocycles. The third-order valence-corrected chi connectivity index (χ3v) is 4.35. The van der Waals surface area contributed by atoms with Crippen LogP contribution in [0.3, 0.4) is 0 Å². The van der Waals surface area contributed by atoms with Gasteiger partial charge in [0.05, 0.1) is 12.6 Å². The van der Waals surface area contributed by atoms with Gasteiger partial charge in [-0.05, 0) is 24.6 Å². The number of nitrogens with zero attached hydrogens (tertiary/aromatic N) is 3. The Balaban J connectivity index is 1.51. The quantitative estimate of drug-likeness (QED) is 0.508. The van der Waals surface area contributed by atoms with Crippen molar-refractivity contribution in [3.05, 3.63) is 76.3 Å². The van der Waals surface area contributed by atoms with E-state index < -0.39 is 0 Å². The lowest BCUT2D eigenvalue weighted by Gasteiger charge is -2.01. The van der Waals surface area contributed by atoms with Crippen LogP contribution < -0.4 is 10.7 Å². The molecule has 0 fully saturated rings. The lowest BCUT2D eigenvalue weighted by Crippen LogP contribution is -2.19. The third-order valence-electron chi connectivity index (χ3n) is 3.52. The van der Waals surface area contributed by atoms with Crippen LogP contribution in [0.25, 0.3) is 0 Å². The smallest absolute Gasteiger partial charge is 0.257 e. The highest BCUT2D eigenvalue weighted by molar-refractivity contribution is 7.15. The monoisotopic (exact) mass is 379 g/mol. The Kier molecular flexibility index (Phi) is 6.01. The van der Waals surface area contributed by atoms with E-state index in [1.807, 2.05) is 49.4 Å². The molecule has 27 heavy (non-hydrogen) atoms. The van der Waals surface area contributed by atoms with Gasteiger partial charge in [0.2, 0.25) is 11.0 Å². The number of carbonyl (C=O) groups excluding carboxylic acids is 2. The molecule has 3 aromatic rings. The van der Waals surface area contributed by atoms with E-state index in [0.29, 0.717) is 15.7 Å². The number of hydrogen-bond acceptors (Lipinski definition) is 6. The number of carbonyl (C=O) groups is 2. The maximum atomic E-state index is 12.2. The lowest BCUT2D eigenvalue weighted by atomic mass is 10.1. The zero-order valence-corrected chi connectivity index (χ0v) is 15.4. The van der Waals surface area contributed by atoms with E-state index in [1.165, 1.54) is 0 Å². The first-order chi connectivity index (χ1) is 13.1. The number of anilines is 1. The number of aryl methyl sites for hydroxylation is 1. The summed E-state index contributed by atoms with van der Waals surface area (Å²) >= 11 is 1.15. The second-order valence-electron chi connectivity index (χ2n) is 5.70. The molecule has 7 nitrogen and oxygen atoms in total. The summed E-state index contributed by atoms with van der Waals surface area (Å²) in [4.78, 5) is 24.1. The maximum absolute atomic E-state index is 12.2. The first-order valence-electron chi connectivity index (χ1n) is 8.17. The van der Waals surface area contributed by atoms with Crippen LogP contribution in [0.5, 0.6) is 0 Å².